The smallest absolute Gasteiger partial charge is 0.311 e. The van der Waals surface area contributed by atoms with Crippen molar-refractivity contribution in [2.45, 2.75) is 6.92 Å². The Bertz CT molecular complexity index is 1130. The minimum Gasteiger partial charge on any atom is -0.423 e. The van der Waals surface area contributed by atoms with Crippen molar-refractivity contribution < 1.29 is 19.0 Å². The van der Waals surface area contributed by atoms with Crippen molar-refractivity contribution in [3.05, 3.63) is 73.9 Å². The molecule has 12 heteroatoms. The van der Waals surface area contributed by atoms with Gasteiger partial charge in [-0.1, -0.05) is 46.6 Å². The Morgan fingerprint density at radius 3 is 2.50 bits per heavy atom. The van der Waals surface area contributed by atoms with Crippen LogP contribution in [-0.2, 0) is 0 Å². The third kappa shape index (κ3) is 4.51. The lowest BCUT2D eigenvalue weighted by Gasteiger charge is -2.11. The van der Waals surface area contributed by atoms with E-state index in [1.165, 1.54) is 25.1 Å². The number of nitro benzene ring substituents is 1. The van der Waals surface area contributed by atoms with Crippen molar-refractivity contribution in [1.29, 1.82) is 0 Å². The lowest BCUT2D eigenvalue weighted by molar-refractivity contribution is -0.385. The Labute approximate surface area is 185 Å². The Kier molecular flexibility index (Phi) is 6.50. The van der Waals surface area contributed by atoms with Gasteiger partial charge in [0, 0.05) is 11.6 Å². The molecule has 0 aliphatic rings. The molecular weight excluding hydrogens is 455 g/mol. The number of nitrogens with one attached hydrogen (secondary N) is 2. The fourth-order valence-electron chi connectivity index (χ4n) is 2.52. The van der Waals surface area contributed by atoms with Gasteiger partial charge in [-0.25, -0.2) is 0 Å². The molecule has 0 radical (unpaired) electrons. The number of hydrogen-bond acceptors (Lipinski definition) is 7. The first-order valence-corrected chi connectivity index (χ1v) is 9.38. The van der Waals surface area contributed by atoms with Crippen molar-refractivity contribution in [1.82, 2.24) is 16.0 Å². The molecule has 3 rings (SSSR count). The summed E-state index contributed by atoms with van der Waals surface area (Å²) in [6, 6.07) is 10.5. The van der Waals surface area contributed by atoms with Gasteiger partial charge in [0.15, 0.2) is 0 Å². The summed E-state index contributed by atoms with van der Waals surface area (Å²) < 4.78 is 10.4. The monoisotopic (exact) mass is 466 g/mol. The van der Waals surface area contributed by atoms with Gasteiger partial charge in [0.2, 0.25) is 5.75 Å². The third-order valence-corrected chi connectivity index (χ3v) is 4.65. The van der Waals surface area contributed by atoms with Gasteiger partial charge in [-0.3, -0.25) is 25.8 Å². The van der Waals surface area contributed by atoms with Crippen LogP contribution in [0, 0.1) is 17.0 Å². The second-order valence-corrected chi connectivity index (χ2v) is 6.94. The fourth-order valence-corrected chi connectivity index (χ4v) is 3.24. The van der Waals surface area contributed by atoms with Crippen LogP contribution >= 0.6 is 35.4 Å². The second kappa shape index (κ2) is 9.08. The molecule has 0 fully saturated rings. The summed E-state index contributed by atoms with van der Waals surface area (Å²) in [6.07, 6.45) is 0. The molecule has 2 aromatic carbocycles. The molecule has 0 unspecified atom stereocenters. The fraction of sp³-hybridized carbons (Fsp3) is 0.0556. The van der Waals surface area contributed by atoms with Crippen LogP contribution in [0.25, 0.3) is 11.3 Å². The molecule has 1 aromatic heterocycles. The van der Waals surface area contributed by atoms with Gasteiger partial charge in [-0.15, -0.1) is 0 Å². The number of hydrazine groups is 1. The van der Waals surface area contributed by atoms with Crippen LogP contribution in [0.15, 0.2) is 47.0 Å². The molecule has 9 nitrogen and oxygen atoms in total. The van der Waals surface area contributed by atoms with Gasteiger partial charge in [0.25, 0.3) is 11.1 Å². The molecule has 0 aliphatic carbocycles. The zero-order chi connectivity index (χ0) is 21.8. The molecular formula is C18H12Cl2N4O5S. The standard InChI is InChI=1S/C18H12Cl2N4O5S/c1-9-14(16(23-29-9)15-10(19)5-4-6-11(15)20)17(25)21-22-18(30)28-13-8-3-2-7-12(13)24(26)27/h2-8H,1H3,(H,21,25)(H,22,30). The normalized spacial score (nSPS) is 10.4. The first-order chi connectivity index (χ1) is 14.3. The van der Waals surface area contributed by atoms with Crippen LogP contribution in [-0.4, -0.2) is 21.2 Å². The van der Waals surface area contributed by atoms with Crippen LogP contribution in [0.5, 0.6) is 5.75 Å². The number of nitro groups is 1. The summed E-state index contributed by atoms with van der Waals surface area (Å²) in [5, 5.41) is 15.2. The highest BCUT2D eigenvalue weighted by atomic mass is 35.5. The number of para-hydroxylation sites is 2. The van der Waals surface area contributed by atoms with Gasteiger partial charge in [0.05, 0.1) is 15.0 Å². The van der Waals surface area contributed by atoms with Crippen molar-refractivity contribution in [2.75, 3.05) is 0 Å². The molecule has 0 atom stereocenters. The Morgan fingerprint density at radius 2 is 1.83 bits per heavy atom. The molecule has 0 spiro atoms. The number of halogens is 2. The van der Waals surface area contributed by atoms with Crippen molar-refractivity contribution in [2.24, 2.45) is 0 Å². The molecule has 3 aromatic rings. The minimum absolute atomic E-state index is 0.0750. The minimum atomic E-state index is -0.659. The average molecular weight is 467 g/mol. The number of ether oxygens (including phenoxy) is 1. The number of carbonyl (C=O) groups excluding carboxylic acids is 1. The van der Waals surface area contributed by atoms with Crippen molar-refractivity contribution >= 4 is 52.2 Å². The molecule has 2 N–H and O–H groups in total. The van der Waals surface area contributed by atoms with E-state index in [0.29, 0.717) is 5.56 Å². The van der Waals surface area contributed by atoms with E-state index in [0.717, 1.165) is 0 Å². The molecule has 0 saturated heterocycles. The Hall–Kier alpha value is -3.21. The van der Waals surface area contributed by atoms with E-state index in [9.17, 15) is 14.9 Å². The molecule has 154 valence electrons. The molecule has 1 amide bonds. The zero-order valence-electron chi connectivity index (χ0n) is 15.1. The van der Waals surface area contributed by atoms with E-state index in [-0.39, 0.29) is 43.7 Å². The zero-order valence-corrected chi connectivity index (χ0v) is 17.5. The number of benzene rings is 2. The van der Waals surface area contributed by atoms with E-state index < -0.39 is 10.8 Å². The van der Waals surface area contributed by atoms with Crippen LogP contribution in [0.2, 0.25) is 10.0 Å². The number of amides is 1. The maximum Gasteiger partial charge on any atom is 0.311 e. The van der Waals surface area contributed by atoms with Crippen LogP contribution < -0.4 is 15.6 Å². The summed E-state index contributed by atoms with van der Waals surface area (Å²) in [7, 11) is 0. The molecule has 0 aliphatic heterocycles. The number of aromatic nitrogens is 1. The van der Waals surface area contributed by atoms with E-state index in [4.69, 9.17) is 44.7 Å². The predicted molar refractivity (Wildman–Crippen MR) is 114 cm³/mol. The SMILES string of the molecule is Cc1onc(-c2c(Cl)cccc2Cl)c1C(=O)NNC(=S)Oc1ccccc1[N+](=O)[O-]. The number of carbonyl (C=O) groups is 1. The maximum atomic E-state index is 12.7. The second-order valence-electron chi connectivity index (χ2n) is 5.75. The van der Waals surface area contributed by atoms with Crippen molar-refractivity contribution in [3.8, 4) is 17.0 Å². The summed E-state index contributed by atoms with van der Waals surface area (Å²) in [5.74, 6) is -0.530. The Morgan fingerprint density at radius 1 is 1.17 bits per heavy atom. The maximum absolute atomic E-state index is 12.7. The first kappa shape index (κ1) is 21.5. The highest BCUT2D eigenvalue weighted by molar-refractivity contribution is 7.80. The number of rotatable bonds is 4. The molecule has 1 heterocycles. The van der Waals surface area contributed by atoms with Crippen LogP contribution in [0.4, 0.5) is 5.69 Å². The lowest BCUT2D eigenvalue weighted by Crippen LogP contribution is -2.43. The highest BCUT2D eigenvalue weighted by Gasteiger charge is 2.25. The van der Waals surface area contributed by atoms with Gasteiger partial charge in [-0.05, 0) is 37.3 Å². The van der Waals surface area contributed by atoms with Gasteiger partial charge < -0.3 is 9.26 Å². The van der Waals surface area contributed by atoms with E-state index in [1.54, 1.807) is 24.3 Å². The highest BCUT2D eigenvalue weighted by Crippen LogP contribution is 2.36. The summed E-state index contributed by atoms with van der Waals surface area (Å²) in [5.41, 5.74) is 4.98. The third-order valence-electron chi connectivity index (χ3n) is 3.83. The summed E-state index contributed by atoms with van der Waals surface area (Å²) in [4.78, 5) is 23.1. The lowest BCUT2D eigenvalue weighted by atomic mass is 10.1. The van der Waals surface area contributed by atoms with E-state index in [1.807, 2.05) is 0 Å². The van der Waals surface area contributed by atoms with Crippen molar-refractivity contribution in [3.63, 3.8) is 0 Å². The van der Waals surface area contributed by atoms with E-state index >= 15 is 0 Å². The molecule has 0 saturated carbocycles. The average Bonchev–Trinajstić information content (AvgIpc) is 3.07. The summed E-state index contributed by atoms with van der Waals surface area (Å²) in [6.45, 7) is 1.54. The van der Waals surface area contributed by atoms with Gasteiger partial charge in [0.1, 0.15) is 17.0 Å². The predicted octanol–water partition coefficient (Wildman–Crippen LogP) is 4.46. The number of aryl methyl sites for hydroxylation is 1. The number of thiocarbonyl (C=S) groups is 1. The molecule has 0 bridgehead atoms. The quantitative estimate of drug-likeness (QED) is 0.328. The largest absolute Gasteiger partial charge is 0.423 e. The van der Waals surface area contributed by atoms with Gasteiger partial charge in [-0.2, -0.15) is 0 Å². The summed E-state index contributed by atoms with van der Waals surface area (Å²) >= 11 is 17.4. The molecule has 30 heavy (non-hydrogen) atoms. The van der Waals surface area contributed by atoms with Gasteiger partial charge >= 0.3 is 5.69 Å². The van der Waals surface area contributed by atoms with Crippen LogP contribution in [0.1, 0.15) is 16.1 Å². The Balaban J connectivity index is 1.76. The van der Waals surface area contributed by atoms with Crippen LogP contribution in [0.3, 0.4) is 0 Å². The first-order valence-electron chi connectivity index (χ1n) is 8.21. The number of nitrogens with zero attached hydrogens (tertiary/aromatic N) is 2. The topological polar surface area (TPSA) is 120 Å². The van der Waals surface area contributed by atoms with E-state index in [2.05, 4.69) is 16.0 Å². The number of hydrogen-bond donors (Lipinski definition) is 2.